The second-order valence-corrected chi connectivity index (χ2v) is 2.56. The lowest BCUT2D eigenvalue weighted by Gasteiger charge is -1.88. The first-order valence-electron chi connectivity index (χ1n) is 3.80. The normalized spacial score (nSPS) is 10.3. The third-order valence-corrected chi connectivity index (χ3v) is 1.73. The zero-order valence-corrected chi connectivity index (χ0v) is 6.62. The lowest BCUT2D eigenvalue weighted by Crippen LogP contribution is -1.82. The smallest absolute Gasteiger partial charge is 0.111 e. The van der Waals surface area contributed by atoms with Crippen LogP contribution in [0.4, 0.5) is 0 Å². The van der Waals surface area contributed by atoms with Gasteiger partial charge in [0.25, 0.3) is 0 Å². The van der Waals surface area contributed by atoms with Crippen LogP contribution in [0, 0.1) is 0 Å². The minimum atomic E-state index is 0.761. The number of rotatable bonds is 2. The number of hydrogen-bond acceptors (Lipinski definition) is 2. The molecule has 0 bridgehead atoms. The number of aromatic amines is 1. The van der Waals surface area contributed by atoms with Crippen molar-refractivity contribution < 1.29 is 0 Å². The average Bonchev–Trinajstić information content (AvgIpc) is 2.50. The fourth-order valence-corrected chi connectivity index (χ4v) is 1.19. The zero-order valence-electron chi connectivity index (χ0n) is 6.62. The molecule has 2 heterocycles. The molecule has 3 heteroatoms. The fourth-order valence-electron chi connectivity index (χ4n) is 1.19. The molecule has 0 saturated heterocycles. The zero-order chi connectivity index (χ0) is 8.39. The Labute approximate surface area is 70.1 Å². The Morgan fingerprint density at radius 1 is 1.58 bits per heavy atom. The molecule has 1 N–H and O–H groups in total. The maximum absolute atomic E-state index is 4.22. The van der Waals surface area contributed by atoms with Gasteiger partial charge in [0, 0.05) is 12.6 Å². The van der Waals surface area contributed by atoms with E-state index >= 15 is 0 Å². The maximum atomic E-state index is 4.22. The van der Waals surface area contributed by atoms with Gasteiger partial charge in [0.2, 0.25) is 0 Å². The van der Waals surface area contributed by atoms with E-state index in [1.165, 1.54) is 0 Å². The lowest BCUT2D eigenvalue weighted by atomic mass is 10.2. The number of hydrogen-bond donors (Lipinski definition) is 1. The van der Waals surface area contributed by atoms with Crippen LogP contribution in [0.25, 0.3) is 11.0 Å². The van der Waals surface area contributed by atoms with E-state index in [0.29, 0.717) is 0 Å². The van der Waals surface area contributed by atoms with Crippen molar-refractivity contribution in [2.24, 2.45) is 0 Å². The lowest BCUT2D eigenvalue weighted by molar-refractivity contribution is 1.03. The van der Waals surface area contributed by atoms with E-state index in [-0.39, 0.29) is 0 Å². The first kappa shape index (κ1) is 7.03. The SMILES string of the molecule is C=CCc1n[nH]c2cccnc12. The van der Waals surface area contributed by atoms with Crippen LogP contribution in [0.5, 0.6) is 0 Å². The van der Waals surface area contributed by atoms with Crippen LogP contribution in [0.2, 0.25) is 0 Å². The van der Waals surface area contributed by atoms with Gasteiger partial charge in [0.05, 0.1) is 11.2 Å². The highest BCUT2D eigenvalue weighted by Gasteiger charge is 2.02. The van der Waals surface area contributed by atoms with Gasteiger partial charge in [0.1, 0.15) is 5.52 Å². The minimum Gasteiger partial charge on any atom is -0.276 e. The molecule has 0 aliphatic carbocycles. The minimum absolute atomic E-state index is 0.761. The average molecular weight is 159 g/mol. The number of nitrogens with one attached hydrogen (secondary N) is 1. The summed E-state index contributed by atoms with van der Waals surface area (Å²) >= 11 is 0. The molecular formula is C9H9N3. The summed E-state index contributed by atoms with van der Waals surface area (Å²) in [4.78, 5) is 4.22. The molecule has 0 amide bonds. The summed E-state index contributed by atoms with van der Waals surface area (Å²) < 4.78 is 0. The Bertz CT molecular complexity index is 403. The third kappa shape index (κ3) is 0.993. The summed E-state index contributed by atoms with van der Waals surface area (Å²) in [5, 5.41) is 7.04. The Balaban J connectivity index is 2.62. The molecule has 0 atom stereocenters. The molecule has 3 nitrogen and oxygen atoms in total. The molecule has 2 aromatic heterocycles. The van der Waals surface area contributed by atoms with Gasteiger partial charge in [-0.15, -0.1) is 6.58 Å². The second-order valence-electron chi connectivity index (χ2n) is 2.56. The van der Waals surface area contributed by atoms with Gasteiger partial charge < -0.3 is 0 Å². The summed E-state index contributed by atoms with van der Waals surface area (Å²) in [5.41, 5.74) is 2.88. The largest absolute Gasteiger partial charge is 0.276 e. The van der Waals surface area contributed by atoms with Crippen LogP contribution in [-0.2, 0) is 6.42 Å². The Hall–Kier alpha value is -1.64. The predicted molar refractivity (Wildman–Crippen MR) is 47.8 cm³/mol. The van der Waals surface area contributed by atoms with E-state index < -0.39 is 0 Å². The second kappa shape index (κ2) is 2.77. The van der Waals surface area contributed by atoms with Gasteiger partial charge in [-0.3, -0.25) is 10.1 Å². The van der Waals surface area contributed by atoms with E-state index in [1.807, 2.05) is 18.2 Å². The Morgan fingerprint density at radius 3 is 3.33 bits per heavy atom. The van der Waals surface area contributed by atoms with Crippen LogP contribution in [0.1, 0.15) is 5.69 Å². The van der Waals surface area contributed by atoms with E-state index in [9.17, 15) is 0 Å². The van der Waals surface area contributed by atoms with Gasteiger partial charge in [-0.05, 0) is 12.1 Å². The molecule has 2 rings (SSSR count). The maximum Gasteiger partial charge on any atom is 0.111 e. The summed E-state index contributed by atoms with van der Waals surface area (Å²) in [5.74, 6) is 0. The van der Waals surface area contributed by atoms with E-state index in [0.717, 1.165) is 23.1 Å². The van der Waals surface area contributed by atoms with Gasteiger partial charge in [-0.1, -0.05) is 6.08 Å². The van der Waals surface area contributed by atoms with Gasteiger partial charge >= 0.3 is 0 Å². The molecule has 0 spiro atoms. The summed E-state index contributed by atoms with van der Waals surface area (Å²) in [7, 11) is 0. The van der Waals surface area contributed by atoms with Crippen molar-refractivity contribution in [2.75, 3.05) is 0 Å². The van der Waals surface area contributed by atoms with Gasteiger partial charge in [0.15, 0.2) is 0 Å². The molecular weight excluding hydrogens is 150 g/mol. The standard InChI is InChI=1S/C9H9N3/c1-2-4-7-9-8(12-11-7)5-3-6-10-9/h2-3,5-6H,1,4H2,(H,11,12). The topological polar surface area (TPSA) is 41.6 Å². The number of H-pyrrole nitrogens is 1. The first-order chi connectivity index (χ1) is 5.92. The fraction of sp³-hybridized carbons (Fsp3) is 0.111. The molecule has 0 aliphatic rings. The van der Waals surface area contributed by atoms with Crippen molar-refractivity contribution in [3.05, 3.63) is 36.7 Å². The summed E-state index contributed by atoms with van der Waals surface area (Å²) in [6.07, 6.45) is 4.35. The van der Waals surface area contributed by atoms with E-state index in [1.54, 1.807) is 6.20 Å². The van der Waals surface area contributed by atoms with Crippen LogP contribution < -0.4 is 0 Å². The van der Waals surface area contributed by atoms with Crippen LogP contribution in [-0.4, -0.2) is 15.2 Å². The third-order valence-electron chi connectivity index (χ3n) is 1.73. The summed E-state index contributed by atoms with van der Waals surface area (Å²) in [6, 6.07) is 3.85. The van der Waals surface area contributed by atoms with E-state index in [4.69, 9.17) is 0 Å². The van der Waals surface area contributed by atoms with Crippen molar-refractivity contribution in [3.63, 3.8) is 0 Å². The van der Waals surface area contributed by atoms with Crippen molar-refractivity contribution in [2.45, 2.75) is 6.42 Å². The first-order valence-corrected chi connectivity index (χ1v) is 3.80. The van der Waals surface area contributed by atoms with Crippen LogP contribution in [0.3, 0.4) is 0 Å². The highest BCUT2D eigenvalue weighted by molar-refractivity contribution is 5.76. The predicted octanol–water partition coefficient (Wildman–Crippen LogP) is 1.69. The van der Waals surface area contributed by atoms with Gasteiger partial charge in [-0.25, -0.2) is 0 Å². The van der Waals surface area contributed by atoms with Gasteiger partial charge in [-0.2, -0.15) is 5.10 Å². The highest BCUT2D eigenvalue weighted by Crippen LogP contribution is 2.12. The van der Waals surface area contributed by atoms with Crippen molar-refractivity contribution in [1.29, 1.82) is 0 Å². The monoisotopic (exact) mass is 159 g/mol. The van der Waals surface area contributed by atoms with Crippen molar-refractivity contribution in [1.82, 2.24) is 15.2 Å². The molecule has 0 radical (unpaired) electrons. The van der Waals surface area contributed by atoms with Crippen LogP contribution in [0.15, 0.2) is 31.0 Å². The molecule has 0 aliphatic heterocycles. The molecule has 2 aromatic rings. The Kier molecular flexibility index (Phi) is 1.63. The molecule has 0 saturated carbocycles. The number of allylic oxidation sites excluding steroid dienone is 1. The van der Waals surface area contributed by atoms with Crippen LogP contribution >= 0.6 is 0 Å². The summed E-state index contributed by atoms with van der Waals surface area (Å²) in [6.45, 7) is 3.66. The highest BCUT2D eigenvalue weighted by atomic mass is 15.1. The number of aromatic nitrogens is 3. The molecule has 60 valence electrons. The number of pyridine rings is 1. The Morgan fingerprint density at radius 2 is 2.50 bits per heavy atom. The quantitative estimate of drug-likeness (QED) is 0.677. The van der Waals surface area contributed by atoms with E-state index in [2.05, 4.69) is 21.8 Å². The van der Waals surface area contributed by atoms with Crippen molar-refractivity contribution in [3.8, 4) is 0 Å². The molecule has 0 unspecified atom stereocenters. The molecule has 0 fully saturated rings. The number of nitrogens with zero attached hydrogens (tertiary/aromatic N) is 2. The van der Waals surface area contributed by atoms with Crippen molar-refractivity contribution >= 4 is 11.0 Å². The molecule has 0 aromatic carbocycles. The number of fused-ring (bicyclic) bond motifs is 1. The molecule has 12 heavy (non-hydrogen) atoms.